The molecule has 0 aliphatic carbocycles. The van der Waals surface area contributed by atoms with Gasteiger partial charge in [-0.1, -0.05) is 30.3 Å². The molecule has 0 unspecified atom stereocenters. The number of aryl methyl sites for hydroxylation is 1. The number of carbonyl (C=O) groups is 1. The van der Waals surface area contributed by atoms with Crippen LogP contribution in [0.3, 0.4) is 0 Å². The average molecular weight is 353 g/mol. The van der Waals surface area contributed by atoms with E-state index >= 15 is 0 Å². The molecular formula is C21H27N3O2. The van der Waals surface area contributed by atoms with E-state index in [1.54, 1.807) is 18.3 Å². The lowest BCUT2D eigenvalue weighted by molar-refractivity contribution is 0.0938. The van der Waals surface area contributed by atoms with Crippen molar-refractivity contribution < 1.29 is 9.90 Å². The van der Waals surface area contributed by atoms with Gasteiger partial charge in [0.05, 0.1) is 6.61 Å². The maximum absolute atomic E-state index is 11.4. The Labute approximate surface area is 154 Å². The predicted octanol–water partition coefficient (Wildman–Crippen LogP) is 2.78. The van der Waals surface area contributed by atoms with Gasteiger partial charge in [0, 0.05) is 30.3 Å². The van der Waals surface area contributed by atoms with Crippen molar-refractivity contribution in [3.05, 3.63) is 59.8 Å². The number of amides is 1. The van der Waals surface area contributed by atoms with Gasteiger partial charge < -0.3 is 15.7 Å². The van der Waals surface area contributed by atoms with Crippen LogP contribution in [0.5, 0.6) is 0 Å². The van der Waals surface area contributed by atoms with Gasteiger partial charge in [-0.25, -0.2) is 4.98 Å². The molecule has 0 spiro atoms. The lowest BCUT2D eigenvalue weighted by Crippen LogP contribution is -2.46. The zero-order valence-electron chi connectivity index (χ0n) is 15.1. The summed E-state index contributed by atoms with van der Waals surface area (Å²) in [6, 6.07) is 13.9. The lowest BCUT2D eigenvalue weighted by atomic mass is 9.76. The number of pyridine rings is 1. The highest BCUT2D eigenvalue weighted by Crippen LogP contribution is 2.36. The van der Waals surface area contributed by atoms with Crippen LogP contribution < -0.4 is 10.6 Å². The molecule has 1 aromatic heterocycles. The van der Waals surface area contributed by atoms with Crippen molar-refractivity contribution in [1.82, 2.24) is 4.98 Å². The third kappa shape index (κ3) is 4.41. The first-order chi connectivity index (χ1) is 12.6. The standard InChI is InChI=1S/C21H27N3O2/c22-20(26)18-9-12-23-19(14-18)24-13-5-11-21(15-24,16-25)10-4-8-17-6-2-1-3-7-17/h1-3,6-7,9,12,14,25H,4-5,8,10-11,13,15-16H2,(H2,22,26)/t21-/m0/s1. The monoisotopic (exact) mass is 353 g/mol. The Bertz CT molecular complexity index is 735. The molecule has 3 rings (SSSR count). The fraction of sp³-hybridized carbons (Fsp3) is 0.429. The number of aromatic nitrogens is 1. The van der Waals surface area contributed by atoms with E-state index in [-0.39, 0.29) is 12.0 Å². The summed E-state index contributed by atoms with van der Waals surface area (Å²) in [5.74, 6) is 0.323. The number of hydrogen-bond acceptors (Lipinski definition) is 4. The summed E-state index contributed by atoms with van der Waals surface area (Å²) >= 11 is 0. The van der Waals surface area contributed by atoms with Gasteiger partial charge in [0.1, 0.15) is 5.82 Å². The number of nitrogens with two attached hydrogens (primary N) is 1. The zero-order valence-corrected chi connectivity index (χ0v) is 15.1. The van der Waals surface area contributed by atoms with Crippen LogP contribution in [0.15, 0.2) is 48.7 Å². The summed E-state index contributed by atoms with van der Waals surface area (Å²) in [4.78, 5) is 18.0. The van der Waals surface area contributed by atoms with Crippen LogP contribution in [0, 0.1) is 5.41 Å². The Kier molecular flexibility index (Phi) is 5.89. The molecule has 0 bridgehead atoms. The molecule has 0 saturated carbocycles. The largest absolute Gasteiger partial charge is 0.396 e. The molecule has 3 N–H and O–H groups in total. The number of aliphatic hydroxyl groups is 1. The molecule has 1 atom stereocenters. The first-order valence-electron chi connectivity index (χ1n) is 9.27. The number of benzene rings is 1. The Morgan fingerprint density at radius 2 is 2.08 bits per heavy atom. The molecule has 2 aromatic rings. The molecule has 0 radical (unpaired) electrons. The maximum atomic E-state index is 11.4. The Morgan fingerprint density at radius 3 is 2.81 bits per heavy atom. The summed E-state index contributed by atoms with van der Waals surface area (Å²) in [6.07, 6.45) is 6.70. The van der Waals surface area contributed by atoms with Crippen molar-refractivity contribution in [3.63, 3.8) is 0 Å². The first-order valence-corrected chi connectivity index (χ1v) is 9.27. The van der Waals surface area contributed by atoms with Crippen LogP contribution in [-0.2, 0) is 6.42 Å². The normalized spacial score (nSPS) is 20.1. The average Bonchev–Trinajstić information content (AvgIpc) is 2.69. The first kappa shape index (κ1) is 18.4. The number of piperidine rings is 1. The van der Waals surface area contributed by atoms with E-state index in [1.807, 2.05) is 6.07 Å². The van der Waals surface area contributed by atoms with Gasteiger partial charge in [-0.05, 0) is 49.8 Å². The molecule has 1 fully saturated rings. The summed E-state index contributed by atoms with van der Waals surface area (Å²) in [7, 11) is 0. The number of anilines is 1. The minimum absolute atomic E-state index is 0.114. The Hall–Kier alpha value is -2.40. The van der Waals surface area contributed by atoms with E-state index in [0.717, 1.165) is 51.0 Å². The second-order valence-corrected chi connectivity index (χ2v) is 7.29. The summed E-state index contributed by atoms with van der Waals surface area (Å²) in [5, 5.41) is 10.1. The molecule has 1 aliphatic rings. The van der Waals surface area contributed by atoms with Crippen LogP contribution >= 0.6 is 0 Å². The van der Waals surface area contributed by atoms with Gasteiger partial charge in [0.15, 0.2) is 0 Å². The maximum Gasteiger partial charge on any atom is 0.248 e. The highest BCUT2D eigenvalue weighted by Gasteiger charge is 2.35. The number of hydrogen-bond donors (Lipinski definition) is 2. The number of aliphatic hydroxyl groups excluding tert-OH is 1. The van der Waals surface area contributed by atoms with E-state index in [9.17, 15) is 9.90 Å². The van der Waals surface area contributed by atoms with E-state index in [0.29, 0.717) is 5.56 Å². The molecule has 1 amide bonds. The molecule has 2 heterocycles. The van der Waals surface area contributed by atoms with Crippen molar-refractivity contribution in [1.29, 1.82) is 0 Å². The van der Waals surface area contributed by atoms with Crippen molar-refractivity contribution >= 4 is 11.7 Å². The van der Waals surface area contributed by atoms with Gasteiger partial charge >= 0.3 is 0 Å². The second-order valence-electron chi connectivity index (χ2n) is 7.29. The summed E-state index contributed by atoms with van der Waals surface area (Å²) < 4.78 is 0. The zero-order chi connectivity index (χ0) is 18.4. The third-order valence-corrected chi connectivity index (χ3v) is 5.37. The lowest BCUT2D eigenvalue weighted by Gasteiger charge is -2.42. The van der Waals surface area contributed by atoms with Crippen molar-refractivity contribution in [2.75, 3.05) is 24.6 Å². The quantitative estimate of drug-likeness (QED) is 0.802. The van der Waals surface area contributed by atoms with Gasteiger partial charge in [0.25, 0.3) is 0 Å². The minimum Gasteiger partial charge on any atom is -0.396 e. The van der Waals surface area contributed by atoms with Crippen molar-refractivity contribution in [3.8, 4) is 0 Å². The molecule has 1 aliphatic heterocycles. The van der Waals surface area contributed by atoms with Gasteiger partial charge in [-0.15, -0.1) is 0 Å². The van der Waals surface area contributed by atoms with Crippen molar-refractivity contribution in [2.45, 2.75) is 32.1 Å². The fourth-order valence-corrected chi connectivity index (χ4v) is 3.87. The topological polar surface area (TPSA) is 79.5 Å². The van der Waals surface area contributed by atoms with Crippen LogP contribution in [0.1, 0.15) is 41.6 Å². The highest BCUT2D eigenvalue weighted by atomic mass is 16.3. The summed E-state index contributed by atoms with van der Waals surface area (Å²) in [6.45, 7) is 1.82. The molecule has 1 aromatic carbocycles. The third-order valence-electron chi connectivity index (χ3n) is 5.37. The smallest absolute Gasteiger partial charge is 0.248 e. The highest BCUT2D eigenvalue weighted by molar-refractivity contribution is 5.93. The van der Waals surface area contributed by atoms with Gasteiger partial charge in [0.2, 0.25) is 5.91 Å². The van der Waals surface area contributed by atoms with Crippen LogP contribution in [0.25, 0.3) is 0 Å². The molecule has 5 nitrogen and oxygen atoms in total. The molecule has 26 heavy (non-hydrogen) atoms. The van der Waals surface area contributed by atoms with Crippen LogP contribution in [-0.4, -0.2) is 35.7 Å². The molecule has 5 heteroatoms. The summed E-state index contributed by atoms with van der Waals surface area (Å²) in [5.41, 5.74) is 7.08. The number of nitrogens with zero attached hydrogens (tertiary/aromatic N) is 2. The van der Waals surface area contributed by atoms with Crippen LogP contribution in [0.2, 0.25) is 0 Å². The van der Waals surface area contributed by atoms with Gasteiger partial charge in [-0.3, -0.25) is 4.79 Å². The van der Waals surface area contributed by atoms with E-state index in [1.165, 1.54) is 5.56 Å². The fourth-order valence-electron chi connectivity index (χ4n) is 3.87. The Morgan fingerprint density at radius 1 is 1.27 bits per heavy atom. The second kappa shape index (κ2) is 8.32. The van der Waals surface area contributed by atoms with Crippen LogP contribution in [0.4, 0.5) is 5.82 Å². The van der Waals surface area contributed by atoms with Gasteiger partial charge in [-0.2, -0.15) is 0 Å². The number of rotatable bonds is 7. The van der Waals surface area contributed by atoms with E-state index in [4.69, 9.17) is 5.73 Å². The van der Waals surface area contributed by atoms with E-state index in [2.05, 4.69) is 34.1 Å². The molecule has 138 valence electrons. The number of primary amides is 1. The van der Waals surface area contributed by atoms with Crippen molar-refractivity contribution in [2.24, 2.45) is 11.1 Å². The number of carbonyl (C=O) groups excluding carboxylic acids is 1. The Balaban J connectivity index is 1.66. The van der Waals surface area contributed by atoms with E-state index < -0.39 is 5.91 Å². The minimum atomic E-state index is -0.443. The predicted molar refractivity (Wildman–Crippen MR) is 103 cm³/mol. The molecule has 1 saturated heterocycles. The molecular weight excluding hydrogens is 326 g/mol. The SMILES string of the molecule is NC(=O)c1ccnc(N2CCC[C@@](CO)(CCCc3ccccc3)C2)c1.